The van der Waals surface area contributed by atoms with E-state index in [1.807, 2.05) is 42.7 Å². The van der Waals surface area contributed by atoms with Crippen LogP contribution in [-0.4, -0.2) is 28.0 Å². The van der Waals surface area contributed by atoms with Crippen LogP contribution < -0.4 is 36.6 Å². The number of nitrogens with zero attached hydrogens (tertiary/aromatic N) is 4. The van der Waals surface area contributed by atoms with Crippen LogP contribution in [0.15, 0.2) is 304 Å². The second-order valence-corrected chi connectivity index (χ2v) is 29.2. The van der Waals surface area contributed by atoms with Crippen molar-refractivity contribution in [1.82, 2.24) is 19.9 Å². The van der Waals surface area contributed by atoms with Gasteiger partial charge in [-0.3, -0.25) is 9.97 Å². The number of hydrogen-bond acceptors (Lipinski definition) is 5. The molecule has 4 aromatic heterocycles. The average molecular weight is 1110 g/mol. The van der Waals surface area contributed by atoms with Crippen LogP contribution in [0.25, 0.3) is 55.4 Å². The molecule has 0 aliphatic carbocycles. The molecule has 0 amide bonds. The first-order chi connectivity index (χ1) is 40.5. The van der Waals surface area contributed by atoms with E-state index in [0.29, 0.717) is 0 Å². The van der Waals surface area contributed by atoms with Gasteiger partial charge >= 0.3 is 0 Å². The van der Waals surface area contributed by atoms with Crippen molar-refractivity contribution in [3.8, 4) is 45.4 Å². The Balaban J connectivity index is 1.05. The molecule has 5 heterocycles. The lowest BCUT2D eigenvalue weighted by Crippen LogP contribution is -2.29. The fraction of sp³-hybridized carbons (Fsp3) is 0.0270. The Labute approximate surface area is 483 Å². The summed E-state index contributed by atoms with van der Waals surface area (Å²) in [5.74, 6) is 1.62. The smallest absolute Gasteiger partial charge is 0.136 e. The van der Waals surface area contributed by atoms with E-state index < -0.39 is 23.9 Å². The molecule has 0 fully saturated rings. The minimum absolute atomic E-state index is 0.784. The molecule has 1 aliphatic heterocycles. The predicted octanol–water partition coefficient (Wildman–Crippen LogP) is 15.9. The third-order valence-corrected chi connectivity index (χ3v) is 23.5. The first kappa shape index (κ1) is 52.1. The SMILES string of the molecule is C[Si]1(C)C(c2cccc(-c3ccccn3)n2)=C(c2ccccc2)C(c2ccccc2)=C1c1cc(-c2ccc(P(c3ccccc3)c3ccccc3)c(Oc3ccccc3P(c3ccccc3)c3ccccc3)c2)cc(-c2ccccn2)n1. The van der Waals surface area contributed by atoms with Gasteiger partial charge in [-0.05, 0) is 148 Å². The summed E-state index contributed by atoms with van der Waals surface area (Å²) in [4.78, 5) is 20.9. The summed E-state index contributed by atoms with van der Waals surface area (Å²) < 4.78 is 7.66. The maximum atomic E-state index is 7.66. The molecule has 0 radical (unpaired) electrons. The zero-order valence-corrected chi connectivity index (χ0v) is 48.2. The van der Waals surface area contributed by atoms with E-state index in [9.17, 15) is 0 Å². The highest BCUT2D eigenvalue weighted by molar-refractivity contribution is 7.80. The fourth-order valence-corrected chi connectivity index (χ4v) is 19.7. The summed E-state index contributed by atoms with van der Waals surface area (Å²) in [6, 6.07) is 104. The Morgan fingerprint density at radius 3 is 1.21 bits per heavy atom. The van der Waals surface area contributed by atoms with Gasteiger partial charge in [0.15, 0.2) is 0 Å². The van der Waals surface area contributed by atoms with Crippen LogP contribution in [0.1, 0.15) is 22.5 Å². The molecular weight excluding hydrogens is 1050 g/mol. The highest BCUT2D eigenvalue weighted by Crippen LogP contribution is 2.56. The van der Waals surface area contributed by atoms with Crippen molar-refractivity contribution in [2.75, 3.05) is 0 Å². The third-order valence-electron chi connectivity index (χ3n) is 15.0. The summed E-state index contributed by atoms with van der Waals surface area (Å²) in [5.41, 5.74) is 11.7. The van der Waals surface area contributed by atoms with E-state index in [1.165, 1.54) is 42.8 Å². The average Bonchev–Trinajstić information content (AvgIpc) is 2.45. The molecular formula is C74H56N4OP2Si. The van der Waals surface area contributed by atoms with Crippen LogP contribution in [0.2, 0.25) is 13.1 Å². The Morgan fingerprint density at radius 1 is 0.293 bits per heavy atom. The zero-order chi connectivity index (χ0) is 55.2. The van der Waals surface area contributed by atoms with Gasteiger partial charge in [0, 0.05) is 23.0 Å². The maximum absolute atomic E-state index is 7.66. The van der Waals surface area contributed by atoms with Crippen LogP contribution in [-0.2, 0) is 0 Å². The summed E-state index contributed by atoms with van der Waals surface area (Å²) >= 11 is 0. The molecule has 13 rings (SSSR count). The number of hydrogen-bond donors (Lipinski definition) is 0. The van der Waals surface area contributed by atoms with Gasteiger partial charge in [-0.2, -0.15) is 0 Å². The summed E-state index contributed by atoms with van der Waals surface area (Å²) in [7, 11) is -4.90. The van der Waals surface area contributed by atoms with Gasteiger partial charge in [0.2, 0.25) is 0 Å². The lowest BCUT2D eigenvalue weighted by Gasteiger charge is -2.26. The summed E-state index contributed by atoms with van der Waals surface area (Å²) in [6.07, 6.45) is 3.69. The molecule has 0 spiro atoms. The van der Waals surface area contributed by atoms with Crippen molar-refractivity contribution in [2.45, 2.75) is 13.1 Å². The molecule has 5 nitrogen and oxygen atoms in total. The molecule has 0 bridgehead atoms. The van der Waals surface area contributed by atoms with Gasteiger partial charge in [-0.1, -0.05) is 238 Å². The van der Waals surface area contributed by atoms with Crippen molar-refractivity contribution in [3.63, 3.8) is 0 Å². The van der Waals surface area contributed by atoms with Gasteiger partial charge in [-0.25, -0.2) is 9.97 Å². The highest BCUT2D eigenvalue weighted by Gasteiger charge is 2.45. The molecule has 0 unspecified atom stereocenters. The normalized spacial score (nSPS) is 13.0. The monoisotopic (exact) mass is 1110 g/mol. The zero-order valence-electron chi connectivity index (χ0n) is 45.5. The van der Waals surface area contributed by atoms with Crippen molar-refractivity contribution in [2.24, 2.45) is 0 Å². The number of aromatic nitrogens is 4. The minimum atomic E-state index is -2.80. The Kier molecular flexibility index (Phi) is 14.9. The maximum Gasteiger partial charge on any atom is 0.136 e. The quantitative estimate of drug-likeness (QED) is 0.0756. The van der Waals surface area contributed by atoms with Gasteiger partial charge in [0.1, 0.15) is 19.6 Å². The molecule has 8 aromatic carbocycles. The molecule has 1 aliphatic rings. The number of allylic oxidation sites excluding steroid dienone is 2. The number of para-hydroxylation sites is 1. The summed E-state index contributed by atoms with van der Waals surface area (Å²) in [6.45, 7) is 4.93. The highest BCUT2D eigenvalue weighted by atomic mass is 31.1. The predicted molar refractivity (Wildman–Crippen MR) is 348 cm³/mol. The van der Waals surface area contributed by atoms with Gasteiger partial charge in [0.25, 0.3) is 0 Å². The lowest BCUT2D eigenvalue weighted by molar-refractivity contribution is 0.491. The van der Waals surface area contributed by atoms with Crippen LogP contribution in [0, 0.1) is 0 Å². The third kappa shape index (κ3) is 10.5. The van der Waals surface area contributed by atoms with Crippen molar-refractivity contribution >= 4 is 77.3 Å². The van der Waals surface area contributed by atoms with E-state index >= 15 is 0 Å². The van der Waals surface area contributed by atoms with E-state index in [1.54, 1.807) is 0 Å². The Hall–Kier alpha value is -9.28. The second kappa shape index (κ2) is 23.4. The largest absolute Gasteiger partial charge is 0.456 e. The number of rotatable bonds is 15. The number of ether oxygens (including phenoxy) is 1. The standard InChI is InChI=1S/C74H56N4OP2Si/c1-82(2)73(64-43-27-42-63(77-64)61-40-23-25-48-75-61)71(53-28-9-3-10-29-53)72(54-30-11-4-12-31-54)74(82)66-51-56(50-65(78-66)62-41-24-26-49-76-62)55-46-47-70(81(59-36-17-7-18-37-59)60-38-19-8-20-39-60)68(52-55)79-67-44-21-22-45-69(67)80(57-32-13-5-14-33-57)58-34-15-6-16-35-58/h3-52H,1-2H3. The van der Waals surface area contributed by atoms with Crippen molar-refractivity contribution in [1.29, 1.82) is 0 Å². The Bertz CT molecular complexity index is 4170. The molecule has 82 heavy (non-hydrogen) atoms. The van der Waals surface area contributed by atoms with Gasteiger partial charge < -0.3 is 4.74 Å². The minimum Gasteiger partial charge on any atom is -0.456 e. The number of pyridine rings is 4. The molecule has 12 aromatic rings. The molecule has 0 atom stereocenters. The molecule has 0 saturated heterocycles. The molecule has 8 heteroatoms. The van der Waals surface area contributed by atoms with Gasteiger partial charge in [0.05, 0.1) is 34.2 Å². The van der Waals surface area contributed by atoms with Crippen LogP contribution in [0.4, 0.5) is 0 Å². The summed E-state index contributed by atoms with van der Waals surface area (Å²) in [5, 5.41) is 9.72. The Morgan fingerprint density at radius 2 is 0.695 bits per heavy atom. The van der Waals surface area contributed by atoms with Crippen LogP contribution in [0.3, 0.4) is 0 Å². The first-order valence-electron chi connectivity index (χ1n) is 27.6. The first-order valence-corrected chi connectivity index (χ1v) is 33.3. The van der Waals surface area contributed by atoms with E-state index in [0.717, 1.165) is 78.5 Å². The fourth-order valence-electron chi connectivity index (χ4n) is 11.4. The van der Waals surface area contributed by atoms with Crippen LogP contribution in [0.5, 0.6) is 11.5 Å². The molecule has 0 N–H and O–H groups in total. The second-order valence-electron chi connectivity index (χ2n) is 20.6. The van der Waals surface area contributed by atoms with Crippen molar-refractivity contribution < 1.29 is 4.74 Å². The van der Waals surface area contributed by atoms with E-state index in [4.69, 9.17) is 24.7 Å². The molecule has 392 valence electrons. The molecule has 0 saturated carbocycles. The van der Waals surface area contributed by atoms with Crippen molar-refractivity contribution in [3.05, 3.63) is 326 Å². The number of benzene rings is 8. The van der Waals surface area contributed by atoms with E-state index in [-0.39, 0.29) is 0 Å². The van der Waals surface area contributed by atoms with Gasteiger partial charge in [-0.15, -0.1) is 0 Å². The van der Waals surface area contributed by atoms with Crippen LogP contribution >= 0.6 is 15.8 Å². The lowest BCUT2D eigenvalue weighted by atomic mass is 9.90. The topological polar surface area (TPSA) is 60.8 Å². The van der Waals surface area contributed by atoms with E-state index in [2.05, 4.69) is 274 Å².